The summed E-state index contributed by atoms with van der Waals surface area (Å²) in [7, 11) is -3.15. The molecule has 0 radical (unpaired) electrons. The highest BCUT2D eigenvalue weighted by atomic mass is 79.9. The van der Waals surface area contributed by atoms with Crippen LogP contribution in [0.5, 0.6) is 0 Å². The van der Waals surface area contributed by atoms with Crippen molar-refractivity contribution >= 4 is 70.7 Å². The van der Waals surface area contributed by atoms with Crippen molar-refractivity contribution in [3.63, 3.8) is 0 Å². The molecule has 10 nitrogen and oxygen atoms in total. The number of nitrogens with zero attached hydrogens (tertiary/aromatic N) is 6. The molecule has 0 N–H and O–H groups in total. The van der Waals surface area contributed by atoms with Crippen molar-refractivity contribution in [1.29, 1.82) is 10.5 Å². The molecule has 0 amide bonds. The van der Waals surface area contributed by atoms with Crippen LogP contribution >= 0.6 is 50.8 Å². The normalized spacial score (nSPS) is 16.8. The van der Waals surface area contributed by atoms with Crippen molar-refractivity contribution in [2.24, 2.45) is 10.3 Å². The van der Waals surface area contributed by atoms with Crippen LogP contribution in [0.1, 0.15) is 72.8 Å². The van der Waals surface area contributed by atoms with Crippen LogP contribution in [0.4, 0.5) is 0 Å². The first-order valence-electron chi connectivity index (χ1n) is 11.2. The number of alkyl halides is 1. The topological polar surface area (TPSA) is 151 Å². The smallest absolute Gasteiger partial charge is 0.192 e. The van der Waals surface area contributed by atoms with E-state index in [0.717, 1.165) is 56.2 Å². The average molecular weight is 662 g/mol. The van der Waals surface area contributed by atoms with E-state index in [-0.39, 0.29) is 10.6 Å². The lowest BCUT2D eigenvalue weighted by Gasteiger charge is -2.12. The second-order valence-electron chi connectivity index (χ2n) is 9.59. The first kappa shape index (κ1) is 32.2. The van der Waals surface area contributed by atoms with Gasteiger partial charge in [-0.1, -0.05) is 26.2 Å². The summed E-state index contributed by atoms with van der Waals surface area (Å²) >= 11 is 7.45. The van der Waals surface area contributed by atoms with Crippen LogP contribution < -0.4 is 0 Å². The molecular formula is C23H29BrN6O4S4. The fourth-order valence-corrected chi connectivity index (χ4v) is 7.29. The van der Waals surface area contributed by atoms with Crippen LogP contribution in [0.25, 0.3) is 0 Å². The van der Waals surface area contributed by atoms with Crippen molar-refractivity contribution in [2.45, 2.75) is 76.7 Å². The van der Waals surface area contributed by atoms with Crippen molar-refractivity contribution in [3.05, 3.63) is 32.3 Å². The molecule has 38 heavy (non-hydrogen) atoms. The van der Waals surface area contributed by atoms with E-state index in [1.54, 1.807) is 25.6 Å². The Labute approximate surface area is 244 Å². The van der Waals surface area contributed by atoms with Gasteiger partial charge in [0.25, 0.3) is 0 Å². The van der Waals surface area contributed by atoms with Gasteiger partial charge in [-0.3, -0.25) is 0 Å². The Kier molecular flexibility index (Phi) is 11.3. The summed E-state index contributed by atoms with van der Waals surface area (Å²) in [6.45, 7) is 11.5. The molecule has 0 spiro atoms. The highest BCUT2D eigenvalue weighted by Gasteiger charge is 2.33. The second kappa shape index (κ2) is 13.3. The summed E-state index contributed by atoms with van der Waals surface area (Å²) in [5, 5.41) is 26.9. The van der Waals surface area contributed by atoms with E-state index >= 15 is 0 Å². The van der Waals surface area contributed by atoms with E-state index in [1.165, 1.54) is 23.1 Å². The molecule has 0 atom stereocenters. The zero-order valence-corrected chi connectivity index (χ0v) is 27.0. The van der Waals surface area contributed by atoms with Crippen LogP contribution in [0.3, 0.4) is 0 Å². The maximum Gasteiger partial charge on any atom is 0.192 e. The summed E-state index contributed by atoms with van der Waals surface area (Å²) in [4.78, 5) is 11.6. The largest absolute Gasteiger partial charge is 0.389 e. The molecular weight excluding hydrogens is 632 g/mol. The van der Waals surface area contributed by atoms with Gasteiger partial charge >= 0.3 is 0 Å². The third-order valence-corrected chi connectivity index (χ3v) is 9.45. The minimum atomic E-state index is -3.15. The molecule has 2 aromatic rings. The molecule has 15 heteroatoms. The summed E-state index contributed by atoms with van der Waals surface area (Å²) in [6, 6.07) is 4.27. The van der Waals surface area contributed by atoms with E-state index in [1.807, 2.05) is 27.7 Å². The zero-order chi connectivity index (χ0) is 28.7. The highest BCUT2D eigenvalue weighted by molar-refractivity contribution is 9.08. The average Bonchev–Trinajstić information content (AvgIpc) is 3.58. The first-order valence-corrected chi connectivity index (χ1v) is 16.8. The van der Waals surface area contributed by atoms with Gasteiger partial charge in [-0.25, -0.2) is 8.42 Å². The Hall–Kier alpha value is -2.04. The quantitative estimate of drug-likeness (QED) is 0.370. The van der Waals surface area contributed by atoms with Crippen molar-refractivity contribution in [2.75, 3.05) is 6.26 Å². The standard InChI is InChI=1S/C11H13N3OS2.C6H5BrN2S.C6H11NO3S/c1-7-8(9(5-12)17-14-7)6-16-10-4-11(2,3)15-13-10;1-4-5(2-7)6(3-8)10-9-4;1-6(2)4-5(7-10-6)11(3,8)9/h4,6H2,1-3H3;2H2,1H3;4H2,1-3H3. The van der Waals surface area contributed by atoms with E-state index in [0.29, 0.717) is 11.3 Å². The molecule has 0 bridgehead atoms. The molecule has 0 fully saturated rings. The van der Waals surface area contributed by atoms with Gasteiger partial charge in [0.15, 0.2) is 14.9 Å². The molecule has 4 rings (SSSR count). The van der Waals surface area contributed by atoms with Crippen LogP contribution in [0.2, 0.25) is 0 Å². The minimum absolute atomic E-state index is 0.141. The lowest BCUT2D eigenvalue weighted by molar-refractivity contribution is 0.0120. The third-order valence-electron chi connectivity index (χ3n) is 5.06. The predicted octanol–water partition coefficient (Wildman–Crippen LogP) is 5.83. The van der Waals surface area contributed by atoms with Gasteiger partial charge in [-0.05, 0) is 64.6 Å². The zero-order valence-electron chi connectivity index (χ0n) is 22.2. The number of thioether (sulfide) groups is 1. The lowest BCUT2D eigenvalue weighted by atomic mass is 10.1. The monoisotopic (exact) mass is 660 g/mol. The minimum Gasteiger partial charge on any atom is -0.389 e. The van der Waals surface area contributed by atoms with Crippen molar-refractivity contribution in [3.8, 4) is 12.1 Å². The van der Waals surface area contributed by atoms with E-state index in [2.05, 4.69) is 47.1 Å². The maximum absolute atomic E-state index is 10.9. The molecule has 2 aliphatic rings. The molecule has 0 aliphatic carbocycles. The van der Waals surface area contributed by atoms with Gasteiger partial charge in [0.05, 0.1) is 11.4 Å². The number of aryl methyl sites for hydroxylation is 2. The molecule has 0 unspecified atom stereocenters. The SMILES string of the molecule is CC1(C)CC(S(C)(=O)=O)=NO1.Cc1nsc(C#N)c1CBr.Cc1nsc(C#N)c1CSC1=NOC(C)(C)C1. The molecule has 206 valence electrons. The van der Waals surface area contributed by atoms with Gasteiger partial charge in [0.1, 0.15) is 38.1 Å². The van der Waals surface area contributed by atoms with Gasteiger partial charge in [-0.2, -0.15) is 19.3 Å². The number of halogens is 1. The fourth-order valence-electron chi connectivity index (χ4n) is 2.92. The van der Waals surface area contributed by atoms with Crippen LogP contribution in [0.15, 0.2) is 10.3 Å². The van der Waals surface area contributed by atoms with E-state index < -0.39 is 15.4 Å². The number of aromatic nitrogens is 2. The van der Waals surface area contributed by atoms with Crippen LogP contribution in [-0.2, 0) is 30.6 Å². The Morgan fingerprint density at radius 3 is 1.82 bits per heavy atom. The Bertz CT molecular complexity index is 1400. The Morgan fingerprint density at radius 1 is 0.947 bits per heavy atom. The lowest BCUT2D eigenvalue weighted by Crippen LogP contribution is -2.21. The molecule has 0 saturated heterocycles. The van der Waals surface area contributed by atoms with Crippen molar-refractivity contribution in [1.82, 2.24) is 8.75 Å². The Balaban J connectivity index is 0.000000211. The molecule has 0 aromatic carbocycles. The first-order chi connectivity index (χ1) is 17.6. The number of nitriles is 2. The highest BCUT2D eigenvalue weighted by Crippen LogP contribution is 2.31. The molecule has 2 aliphatic heterocycles. The van der Waals surface area contributed by atoms with E-state index in [4.69, 9.17) is 20.2 Å². The van der Waals surface area contributed by atoms with Gasteiger partial charge in [0, 0.05) is 41.3 Å². The number of sulfone groups is 1. The van der Waals surface area contributed by atoms with Crippen LogP contribution in [0, 0.1) is 36.5 Å². The van der Waals surface area contributed by atoms with E-state index in [9.17, 15) is 8.42 Å². The maximum atomic E-state index is 10.9. The van der Waals surface area contributed by atoms with Gasteiger partial charge in [0.2, 0.25) is 0 Å². The summed E-state index contributed by atoms with van der Waals surface area (Å²) in [6.07, 6.45) is 2.33. The summed E-state index contributed by atoms with van der Waals surface area (Å²) < 4.78 is 30.1. The fraction of sp³-hybridized carbons (Fsp3) is 0.565. The number of rotatable bonds is 3. The number of hydrogen-bond acceptors (Lipinski definition) is 13. The van der Waals surface area contributed by atoms with Gasteiger partial charge in [-0.15, -0.1) is 11.8 Å². The summed E-state index contributed by atoms with van der Waals surface area (Å²) in [5.74, 6) is 0.740. The Morgan fingerprint density at radius 2 is 1.45 bits per heavy atom. The van der Waals surface area contributed by atoms with Gasteiger partial charge < -0.3 is 9.68 Å². The number of oxime groups is 2. The number of hydrogen-bond donors (Lipinski definition) is 0. The van der Waals surface area contributed by atoms with Crippen molar-refractivity contribution < 1.29 is 18.1 Å². The molecule has 4 heterocycles. The molecule has 2 aromatic heterocycles. The second-order valence-corrected chi connectivity index (χ2v) is 14.8. The summed E-state index contributed by atoms with van der Waals surface area (Å²) in [5.41, 5.74) is 3.29. The predicted molar refractivity (Wildman–Crippen MR) is 156 cm³/mol. The molecule has 0 saturated carbocycles. The van der Waals surface area contributed by atoms with Crippen LogP contribution in [-0.4, -0.2) is 44.7 Å². The third kappa shape index (κ3) is 9.31.